The Labute approximate surface area is 197 Å². The number of halogens is 3. The predicted molar refractivity (Wildman–Crippen MR) is 123 cm³/mol. The third kappa shape index (κ3) is 4.84. The zero-order valence-corrected chi connectivity index (χ0v) is 19.3. The molecule has 4 aromatic rings. The number of amides is 1. The second kappa shape index (κ2) is 9.08. The van der Waals surface area contributed by atoms with Crippen LogP contribution in [0.15, 0.2) is 29.8 Å². The SMILES string of the molecule is CCOC(=O)Cc1cnc(NC(=O)c2sc3nc(-c4cccs4)cc(C(F)(F)F)c3c2N)s1. The van der Waals surface area contributed by atoms with Gasteiger partial charge in [-0.25, -0.2) is 9.97 Å². The Kier molecular flexibility index (Phi) is 6.36. The molecule has 4 aromatic heterocycles. The zero-order valence-electron chi connectivity index (χ0n) is 16.9. The van der Waals surface area contributed by atoms with Gasteiger partial charge in [0, 0.05) is 16.5 Å². The second-order valence-corrected chi connectivity index (χ2v) is 9.68. The lowest BCUT2D eigenvalue weighted by Crippen LogP contribution is -2.12. The van der Waals surface area contributed by atoms with Crippen molar-refractivity contribution < 1.29 is 27.5 Å². The average Bonchev–Trinajstić information content (AvgIpc) is 3.48. The predicted octanol–water partition coefficient (Wildman–Crippen LogP) is 5.44. The van der Waals surface area contributed by atoms with E-state index in [1.807, 2.05) is 0 Å². The molecule has 0 atom stereocenters. The number of pyridine rings is 1. The molecule has 4 rings (SSSR count). The van der Waals surface area contributed by atoms with Crippen molar-refractivity contribution >= 4 is 66.9 Å². The summed E-state index contributed by atoms with van der Waals surface area (Å²) >= 11 is 3.09. The van der Waals surface area contributed by atoms with E-state index in [0.717, 1.165) is 28.7 Å². The summed E-state index contributed by atoms with van der Waals surface area (Å²) in [5.74, 6) is -1.14. The van der Waals surface area contributed by atoms with Gasteiger partial charge in [0.2, 0.25) is 0 Å². The van der Waals surface area contributed by atoms with Gasteiger partial charge >= 0.3 is 12.1 Å². The highest BCUT2D eigenvalue weighted by Gasteiger charge is 2.36. The Morgan fingerprint density at radius 1 is 1.27 bits per heavy atom. The number of anilines is 2. The maximum absolute atomic E-state index is 13.8. The zero-order chi connectivity index (χ0) is 23.8. The van der Waals surface area contributed by atoms with E-state index in [1.54, 1.807) is 24.4 Å². The van der Waals surface area contributed by atoms with Crippen molar-refractivity contribution in [3.8, 4) is 10.6 Å². The molecule has 0 aromatic carbocycles. The fourth-order valence-corrected chi connectivity index (χ4v) is 5.51. The third-order valence-corrected chi connectivity index (χ3v) is 7.29. The monoisotopic (exact) mass is 512 g/mol. The van der Waals surface area contributed by atoms with E-state index in [9.17, 15) is 22.8 Å². The molecule has 1 amide bonds. The van der Waals surface area contributed by atoms with Crippen LogP contribution in [0, 0.1) is 0 Å². The summed E-state index contributed by atoms with van der Waals surface area (Å²) in [5, 5.41) is 4.14. The third-order valence-electron chi connectivity index (χ3n) is 4.38. The number of nitrogens with two attached hydrogens (primary N) is 1. The minimum absolute atomic E-state index is 0.00321. The minimum Gasteiger partial charge on any atom is -0.466 e. The van der Waals surface area contributed by atoms with Crippen LogP contribution in [0.1, 0.15) is 27.0 Å². The maximum Gasteiger partial charge on any atom is 0.417 e. The molecule has 0 saturated carbocycles. The van der Waals surface area contributed by atoms with Crippen LogP contribution in [-0.4, -0.2) is 28.5 Å². The Bertz CT molecular complexity index is 1330. The van der Waals surface area contributed by atoms with Crippen LogP contribution in [0.2, 0.25) is 0 Å². The van der Waals surface area contributed by atoms with Crippen molar-refractivity contribution in [2.45, 2.75) is 19.5 Å². The van der Waals surface area contributed by atoms with Crippen LogP contribution in [0.25, 0.3) is 20.8 Å². The number of esters is 1. The number of aromatic nitrogens is 2. The molecule has 0 unspecified atom stereocenters. The van der Waals surface area contributed by atoms with E-state index in [2.05, 4.69) is 15.3 Å². The van der Waals surface area contributed by atoms with Crippen molar-refractivity contribution in [2.24, 2.45) is 0 Å². The van der Waals surface area contributed by atoms with Crippen LogP contribution >= 0.6 is 34.0 Å². The molecule has 0 aliphatic heterocycles. The van der Waals surface area contributed by atoms with Gasteiger partial charge in [0.25, 0.3) is 5.91 Å². The van der Waals surface area contributed by atoms with E-state index in [1.165, 1.54) is 17.5 Å². The molecule has 0 radical (unpaired) electrons. The normalized spacial score (nSPS) is 11.6. The highest BCUT2D eigenvalue weighted by atomic mass is 32.1. The average molecular weight is 513 g/mol. The quantitative estimate of drug-likeness (QED) is 0.333. The summed E-state index contributed by atoms with van der Waals surface area (Å²) in [6, 6.07) is 4.33. The van der Waals surface area contributed by atoms with Gasteiger partial charge < -0.3 is 10.5 Å². The van der Waals surface area contributed by atoms with Crippen LogP contribution in [0.4, 0.5) is 24.0 Å². The molecular weight excluding hydrogens is 497 g/mol. The number of fused-ring (bicyclic) bond motifs is 1. The molecule has 4 heterocycles. The van der Waals surface area contributed by atoms with Crippen LogP contribution in [-0.2, 0) is 22.1 Å². The number of alkyl halides is 3. The highest BCUT2D eigenvalue weighted by molar-refractivity contribution is 7.21. The van der Waals surface area contributed by atoms with Gasteiger partial charge in [-0.15, -0.1) is 34.0 Å². The fraction of sp³-hybridized carbons (Fsp3) is 0.200. The first-order valence-electron chi connectivity index (χ1n) is 9.43. The number of nitrogen functional groups attached to an aromatic ring is 1. The largest absolute Gasteiger partial charge is 0.466 e. The standard InChI is InChI=1S/C20H15F3N4O3S3/c1-2-30-13(28)6-9-8-25-19(32-9)27-17(29)16-15(24)14-10(20(21,22)23)7-11(26-18(14)33-16)12-4-3-5-31-12/h3-5,7-8H,2,6,24H2,1H3,(H,25,27,29). The number of carbonyl (C=O) groups is 2. The van der Waals surface area contributed by atoms with Crippen LogP contribution in [0.5, 0.6) is 0 Å². The first-order chi connectivity index (χ1) is 15.7. The highest BCUT2D eigenvalue weighted by Crippen LogP contribution is 2.44. The molecule has 13 heteroatoms. The number of carbonyl (C=O) groups excluding carboxylic acids is 2. The Morgan fingerprint density at radius 3 is 2.73 bits per heavy atom. The Balaban J connectivity index is 1.67. The Hall–Kier alpha value is -3.03. The molecule has 7 nitrogen and oxygen atoms in total. The van der Waals surface area contributed by atoms with Crippen molar-refractivity contribution in [2.75, 3.05) is 17.7 Å². The van der Waals surface area contributed by atoms with Gasteiger partial charge in [0.1, 0.15) is 9.71 Å². The number of nitrogens with one attached hydrogen (secondary N) is 1. The van der Waals surface area contributed by atoms with E-state index in [4.69, 9.17) is 10.5 Å². The Morgan fingerprint density at radius 2 is 2.06 bits per heavy atom. The first kappa shape index (κ1) is 23.1. The van der Waals surface area contributed by atoms with Crippen molar-refractivity contribution in [1.29, 1.82) is 0 Å². The molecule has 3 N–H and O–H groups in total. The topological polar surface area (TPSA) is 107 Å². The minimum atomic E-state index is -4.69. The van der Waals surface area contributed by atoms with E-state index in [0.29, 0.717) is 9.75 Å². The van der Waals surface area contributed by atoms with Crippen molar-refractivity contribution in [3.63, 3.8) is 0 Å². The van der Waals surface area contributed by atoms with Crippen molar-refractivity contribution in [3.05, 3.63) is 45.1 Å². The lowest BCUT2D eigenvalue weighted by atomic mass is 10.1. The van der Waals surface area contributed by atoms with E-state index in [-0.39, 0.29) is 44.6 Å². The summed E-state index contributed by atoms with van der Waals surface area (Å²) in [5.41, 5.74) is 4.91. The lowest BCUT2D eigenvalue weighted by Gasteiger charge is -2.10. The summed E-state index contributed by atoms with van der Waals surface area (Å²) in [7, 11) is 0. The molecule has 0 saturated heterocycles. The smallest absolute Gasteiger partial charge is 0.417 e. The second-order valence-electron chi connectivity index (χ2n) is 6.62. The molecule has 172 valence electrons. The summed E-state index contributed by atoms with van der Waals surface area (Å²) in [6.07, 6.45) is -3.27. The van der Waals surface area contributed by atoms with Gasteiger partial charge in [0.05, 0.1) is 34.8 Å². The summed E-state index contributed by atoms with van der Waals surface area (Å²) in [6.45, 7) is 1.93. The number of nitrogens with zero attached hydrogens (tertiary/aromatic N) is 2. The number of rotatable bonds is 6. The molecular formula is C20H15F3N4O3S3. The van der Waals surface area contributed by atoms with Crippen molar-refractivity contribution in [1.82, 2.24) is 9.97 Å². The first-order valence-corrected chi connectivity index (χ1v) is 11.9. The molecule has 0 bridgehead atoms. The fourth-order valence-electron chi connectivity index (χ4n) is 3.02. The maximum atomic E-state index is 13.8. The van der Waals surface area contributed by atoms with Gasteiger partial charge in [-0.05, 0) is 24.4 Å². The number of thiophene rings is 2. The molecule has 0 fully saturated rings. The molecule has 0 aliphatic carbocycles. The van der Waals surface area contributed by atoms with Gasteiger partial charge in [0.15, 0.2) is 5.13 Å². The van der Waals surface area contributed by atoms with Crippen LogP contribution in [0.3, 0.4) is 0 Å². The molecule has 0 spiro atoms. The summed E-state index contributed by atoms with van der Waals surface area (Å²) in [4.78, 5) is 33.8. The van der Waals surface area contributed by atoms with Crippen LogP contribution < -0.4 is 11.1 Å². The molecule has 0 aliphatic rings. The number of thiazole rings is 1. The number of ether oxygens (including phenoxy) is 1. The number of hydrogen-bond donors (Lipinski definition) is 2. The summed E-state index contributed by atoms with van der Waals surface area (Å²) < 4.78 is 46.3. The van der Waals surface area contributed by atoms with E-state index < -0.39 is 23.6 Å². The van der Waals surface area contributed by atoms with Gasteiger partial charge in [-0.3, -0.25) is 14.9 Å². The van der Waals surface area contributed by atoms with Gasteiger partial charge in [-0.2, -0.15) is 13.2 Å². The number of hydrogen-bond acceptors (Lipinski definition) is 9. The lowest BCUT2D eigenvalue weighted by molar-refractivity contribution is -0.142. The van der Waals surface area contributed by atoms with E-state index >= 15 is 0 Å². The molecule has 33 heavy (non-hydrogen) atoms. The van der Waals surface area contributed by atoms with Gasteiger partial charge in [-0.1, -0.05) is 6.07 Å².